The monoisotopic (exact) mass is 281 g/mol. The van der Waals surface area contributed by atoms with Crippen molar-refractivity contribution in [3.63, 3.8) is 0 Å². The van der Waals surface area contributed by atoms with E-state index in [1.165, 1.54) is 35.3 Å². The van der Waals surface area contributed by atoms with Gasteiger partial charge in [0.2, 0.25) is 0 Å². The van der Waals surface area contributed by atoms with Gasteiger partial charge in [0.1, 0.15) is 17.9 Å². The Kier molecular flexibility index (Phi) is 3.34. The standard InChI is InChI=1S/C11H11N3O4S/c1-14-10(12-7-13-14)6-19(17,18)9-4-2-8(3-5-9)11(15)16/h2-5,7H,6H2,1H3,(H,15,16). The first-order valence-corrected chi connectivity index (χ1v) is 6.94. The van der Waals surface area contributed by atoms with E-state index < -0.39 is 15.8 Å². The van der Waals surface area contributed by atoms with E-state index in [1.54, 1.807) is 7.05 Å². The molecule has 0 saturated carbocycles. The summed E-state index contributed by atoms with van der Waals surface area (Å²) < 4.78 is 25.6. The molecular weight excluding hydrogens is 270 g/mol. The van der Waals surface area contributed by atoms with Gasteiger partial charge in [-0.3, -0.25) is 4.68 Å². The third kappa shape index (κ3) is 2.79. The van der Waals surface area contributed by atoms with Gasteiger partial charge in [0.15, 0.2) is 9.84 Å². The molecule has 0 aliphatic rings. The average molecular weight is 281 g/mol. The molecule has 0 bridgehead atoms. The van der Waals surface area contributed by atoms with Crippen molar-refractivity contribution in [1.82, 2.24) is 14.8 Å². The molecule has 2 rings (SSSR count). The highest BCUT2D eigenvalue weighted by Gasteiger charge is 2.18. The summed E-state index contributed by atoms with van der Waals surface area (Å²) in [6.45, 7) is 0. The van der Waals surface area contributed by atoms with E-state index in [1.807, 2.05) is 0 Å². The Hall–Kier alpha value is -2.22. The zero-order chi connectivity index (χ0) is 14.0. The summed E-state index contributed by atoms with van der Waals surface area (Å²) in [6.07, 6.45) is 1.28. The SMILES string of the molecule is Cn1ncnc1CS(=O)(=O)c1ccc(C(=O)O)cc1. The van der Waals surface area contributed by atoms with Crippen LogP contribution in [0.15, 0.2) is 35.5 Å². The molecule has 1 aromatic carbocycles. The van der Waals surface area contributed by atoms with E-state index in [0.717, 1.165) is 0 Å². The van der Waals surface area contributed by atoms with Crippen molar-refractivity contribution in [1.29, 1.82) is 0 Å². The molecule has 1 N–H and O–H groups in total. The lowest BCUT2D eigenvalue weighted by atomic mass is 10.2. The zero-order valence-corrected chi connectivity index (χ0v) is 10.8. The van der Waals surface area contributed by atoms with Crippen molar-refractivity contribution in [2.24, 2.45) is 7.05 Å². The van der Waals surface area contributed by atoms with Gasteiger partial charge in [-0.1, -0.05) is 0 Å². The summed E-state index contributed by atoms with van der Waals surface area (Å²) in [5.41, 5.74) is 0.0395. The largest absolute Gasteiger partial charge is 0.478 e. The highest BCUT2D eigenvalue weighted by Crippen LogP contribution is 2.15. The molecule has 0 spiro atoms. The topological polar surface area (TPSA) is 102 Å². The van der Waals surface area contributed by atoms with Crippen LogP contribution in [0, 0.1) is 0 Å². The van der Waals surface area contributed by atoms with Gasteiger partial charge < -0.3 is 5.11 Å². The normalized spacial score (nSPS) is 11.4. The molecule has 0 fully saturated rings. The molecule has 2 aromatic rings. The summed E-state index contributed by atoms with van der Waals surface area (Å²) >= 11 is 0. The van der Waals surface area contributed by atoms with Crippen LogP contribution in [0.4, 0.5) is 0 Å². The van der Waals surface area contributed by atoms with Crippen LogP contribution in [0.5, 0.6) is 0 Å². The van der Waals surface area contributed by atoms with E-state index in [-0.39, 0.29) is 16.2 Å². The lowest BCUT2D eigenvalue weighted by Gasteiger charge is -2.04. The first kappa shape index (κ1) is 13.2. The number of hydrogen-bond donors (Lipinski definition) is 1. The van der Waals surface area contributed by atoms with Crippen LogP contribution in [-0.2, 0) is 22.6 Å². The van der Waals surface area contributed by atoms with Crippen LogP contribution < -0.4 is 0 Å². The van der Waals surface area contributed by atoms with Crippen molar-refractivity contribution >= 4 is 15.8 Å². The summed E-state index contributed by atoms with van der Waals surface area (Å²) in [6, 6.07) is 5.06. The predicted octanol–water partition coefficient (Wildman–Crippen LogP) is 0.487. The van der Waals surface area contributed by atoms with E-state index in [4.69, 9.17) is 5.11 Å². The molecule has 1 aromatic heterocycles. The Bertz CT molecular complexity index is 704. The van der Waals surface area contributed by atoms with Gasteiger partial charge in [-0.15, -0.1) is 0 Å². The number of carboxylic acid groups (broad SMARTS) is 1. The first-order chi connectivity index (χ1) is 8.90. The van der Waals surface area contributed by atoms with Crippen molar-refractivity contribution in [2.45, 2.75) is 10.6 Å². The van der Waals surface area contributed by atoms with E-state index >= 15 is 0 Å². The van der Waals surface area contributed by atoms with Gasteiger partial charge >= 0.3 is 5.97 Å². The lowest BCUT2D eigenvalue weighted by molar-refractivity contribution is 0.0696. The highest BCUT2D eigenvalue weighted by atomic mass is 32.2. The number of nitrogens with zero attached hydrogens (tertiary/aromatic N) is 3. The zero-order valence-electron chi connectivity index (χ0n) is 10.0. The maximum atomic E-state index is 12.1. The Balaban J connectivity index is 2.29. The van der Waals surface area contributed by atoms with Gasteiger partial charge in [-0.05, 0) is 24.3 Å². The molecular formula is C11H11N3O4S. The van der Waals surface area contributed by atoms with Crippen LogP contribution >= 0.6 is 0 Å². The Morgan fingerprint density at radius 1 is 1.32 bits per heavy atom. The average Bonchev–Trinajstić information content (AvgIpc) is 2.74. The number of benzene rings is 1. The van der Waals surface area contributed by atoms with Gasteiger partial charge in [0.05, 0.1) is 10.5 Å². The molecule has 0 saturated heterocycles. The van der Waals surface area contributed by atoms with Gasteiger partial charge in [-0.25, -0.2) is 18.2 Å². The Morgan fingerprint density at radius 3 is 2.42 bits per heavy atom. The smallest absolute Gasteiger partial charge is 0.335 e. The predicted molar refractivity (Wildman–Crippen MR) is 65.3 cm³/mol. The number of carbonyl (C=O) groups is 1. The second-order valence-corrected chi connectivity index (χ2v) is 5.88. The molecule has 0 atom stereocenters. The second-order valence-electron chi connectivity index (χ2n) is 3.89. The van der Waals surface area contributed by atoms with Crippen LogP contribution in [0.3, 0.4) is 0 Å². The molecule has 0 aliphatic carbocycles. The molecule has 7 nitrogen and oxygen atoms in total. The van der Waals surface area contributed by atoms with Crippen molar-refractivity contribution < 1.29 is 18.3 Å². The third-order valence-corrected chi connectivity index (χ3v) is 4.21. The molecule has 0 amide bonds. The molecule has 0 radical (unpaired) electrons. The lowest BCUT2D eigenvalue weighted by Crippen LogP contribution is -2.10. The summed E-state index contributed by atoms with van der Waals surface area (Å²) in [5.74, 6) is -1.06. The quantitative estimate of drug-likeness (QED) is 0.874. The van der Waals surface area contributed by atoms with E-state index in [2.05, 4.69) is 10.1 Å². The van der Waals surface area contributed by atoms with Crippen LogP contribution in [-0.4, -0.2) is 34.3 Å². The van der Waals surface area contributed by atoms with Gasteiger partial charge in [0, 0.05) is 7.05 Å². The molecule has 0 aliphatic heterocycles. The van der Waals surface area contributed by atoms with E-state index in [9.17, 15) is 13.2 Å². The molecule has 0 unspecified atom stereocenters. The maximum Gasteiger partial charge on any atom is 0.335 e. The van der Waals surface area contributed by atoms with E-state index in [0.29, 0.717) is 5.82 Å². The summed E-state index contributed by atoms with van der Waals surface area (Å²) in [7, 11) is -1.96. The molecule has 100 valence electrons. The molecule has 19 heavy (non-hydrogen) atoms. The fourth-order valence-corrected chi connectivity index (χ4v) is 2.83. The van der Waals surface area contributed by atoms with Crippen LogP contribution in [0.25, 0.3) is 0 Å². The highest BCUT2D eigenvalue weighted by molar-refractivity contribution is 7.90. The third-order valence-electron chi connectivity index (χ3n) is 2.58. The number of carboxylic acids is 1. The number of aromatic nitrogens is 3. The van der Waals surface area contributed by atoms with Gasteiger partial charge in [-0.2, -0.15) is 5.10 Å². The minimum atomic E-state index is -3.56. The Morgan fingerprint density at radius 2 is 1.95 bits per heavy atom. The Labute approximate surface area is 109 Å². The maximum absolute atomic E-state index is 12.1. The molecule has 8 heteroatoms. The number of rotatable bonds is 4. The van der Waals surface area contributed by atoms with Crippen molar-refractivity contribution in [3.8, 4) is 0 Å². The first-order valence-electron chi connectivity index (χ1n) is 5.29. The number of aryl methyl sites for hydroxylation is 1. The minimum absolute atomic E-state index is 0.0395. The van der Waals surface area contributed by atoms with Crippen molar-refractivity contribution in [2.75, 3.05) is 0 Å². The van der Waals surface area contributed by atoms with Crippen molar-refractivity contribution in [3.05, 3.63) is 42.0 Å². The second kappa shape index (κ2) is 4.81. The summed E-state index contributed by atoms with van der Waals surface area (Å²) in [5, 5.41) is 12.5. The fraction of sp³-hybridized carbons (Fsp3) is 0.182. The summed E-state index contributed by atoms with van der Waals surface area (Å²) in [4.78, 5) is 14.6. The fourth-order valence-electron chi connectivity index (χ4n) is 1.51. The molecule has 1 heterocycles. The number of aromatic carboxylic acids is 1. The van der Waals surface area contributed by atoms with Gasteiger partial charge in [0.25, 0.3) is 0 Å². The van der Waals surface area contributed by atoms with Crippen LogP contribution in [0.2, 0.25) is 0 Å². The van der Waals surface area contributed by atoms with Crippen LogP contribution in [0.1, 0.15) is 16.2 Å². The number of sulfone groups is 1. The number of hydrogen-bond acceptors (Lipinski definition) is 5. The minimum Gasteiger partial charge on any atom is -0.478 e.